The fourth-order valence-electron chi connectivity index (χ4n) is 2.68. The summed E-state index contributed by atoms with van der Waals surface area (Å²) in [6.45, 7) is 4.01. The number of para-hydroxylation sites is 1. The van der Waals surface area contributed by atoms with Crippen molar-refractivity contribution < 1.29 is 9.53 Å². The summed E-state index contributed by atoms with van der Waals surface area (Å²) in [5.41, 5.74) is 2.94. The number of nitrogens with zero attached hydrogens (tertiary/aromatic N) is 2. The van der Waals surface area contributed by atoms with Crippen LogP contribution in [-0.2, 0) is 6.54 Å². The Kier molecular flexibility index (Phi) is 6.11. The molecule has 144 valence electrons. The van der Waals surface area contributed by atoms with Crippen molar-refractivity contribution >= 4 is 29.0 Å². The van der Waals surface area contributed by atoms with Crippen LogP contribution in [0.5, 0.6) is 5.75 Å². The lowest BCUT2D eigenvalue weighted by molar-refractivity contribution is 0.0945. The van der Waals surface area contributed by atoms with Gasteiger partial charge in [-0.1, -0.05) is 35.9 Å². The number of benzene rings is 2. The number of hydrogen-bond donors (Lipinski definition) is 2. The van der Waals surface area contributed by atoms with E-state index in [1.54, 1.807) is 20.1 Å². The number of ether oxygens (including phenoxy) is 1. The molecule has 1 amide bonds. The monoisotopic (exact) mass is 396 g/mol. The highest BCUT2D eigenvalue weighted by atomic mass is 35.5. The number of amides is 1. The van der Waals surface area contributed by atoms with E-state index >= 15 is 0 Å². The molecule has 2 aromatic carbocycles. The zero-order valence-electron chi connectivity index (χ0n) is 15.9. The van der Waals surface area contributed by atoms with E-state index in [-0.39, 0.29) is 11.6 Å². The predicted molar refractivity (Wildman–Crippen MR) is 110 cm³/mol. The van der Waals surface area contributed by atoms with Crippen LogP contribution in [0.15, 0.2) is 48.5 Å². The number of nitrogens with one attached hydrogen (secondary N) is 2. The first-order chi connectivity index (χ1) is 13.5. The third kappa shape index (κ3) is 4.78. The molecular formula is C21H21ClN4O2. The van der Waals surface area contributed by atoms with Crippen molar-refractivity contribution in [2.24, 2.45) is 0 Å². The maximum Gasteiger partial charge on any atom is 0.270 e. The molecule has 0 radical (unpaired) electrons. The van der Waals surface area contributed by atoms with E-state index in [4.69, 9.17) is 16.3 Å². The summed E-state index contributed by atoms with van der Waals surface area (Å²) in [6.07, 6.45) is 0. The molecule has 0 aliphatic heterocycles. The van der Waals surface area contributed by atoms with Crippen LogP contribution in [0.2, 0.25) is 5.02 Å². The van der Waals surface area contributed by atoms with Crippen LogP contribution in [0, 0.1) is 13.8 Å². The Balaban J connectivity index is 1.74. The second-order valence-corrected chi connectivity index (χ2v) is 6.68. The minimum absolute atomic E-state index is 0.281. The Morgan fingerprint density at radius 2 is 1.89 bits per heavy atom. The van der Waals surface area contributed by atoms with Gasteiger partial charge in [0.15, 0.2) is 0 Å². The number of methoxy groups -OCH3 is 1. The van der Waals surface area contributed by atoms with Crippen molar-refractivity contribution in [3.63, 3.8) is 0 Å². The number of halogens is 1. The van der Waals surface area contributed by atoms with Crippen molar-refractivity contribution in [2.45, 2.75) is 20.4 Å². The van der Waals surface area contributed by atoms with Gasteiger partial charge in [-0.05, 0) is 37.6 Å². The van der Waals surface area contributed by atoms with Crippen molar-refractivity contribution in [2.75, 3.05) is 12.4 Å². The highest BCUT2D eigenvalue weighted by Gasteiger charge is 2.12. The number of hydrogen-bond acceptors (Lipinski definition) is 5. The van der Waals surface area contributed by atoms with E-state index in [9.17, 15) is 4.79 Å². The normalized spacial score (nSPS) is 10.4. The zero-order valence-corrected chi connectivity index (χ0v) is 16.7. The van der Waals surface area contributed by atoms with Gasteiger partial charge in [0.25, 0.3) is 5.91 Å². The molecule has 6 nitrogen and oxygen atoms in total. The summed E-state index contributed by atoms with van der Waals surface area (Å²) >= 11 is 6.17. The van der Waals surface area contributed by atoms with Gasteiger partial charge in [0.2, 0.25) is 0 Å². The summed E-state index contributed by atoms with van der Waals surface area (Å²) < 4.78 is 5.31. The number of carbonyl (C=O) groups is 1. The molecule has 0 bridgehead atoms. The lowest BCUT2D eigenvalue weighted by Gasteiger charge is -2.11. The molecule has 28 heavy (non-hydrogen) atoms. The van der Waals surface area contributed by atoms with Crippen LogP contribution in [0.25, 0.3) is 0 Å². The zero-order chi connectivity index (χ0) is 20.1. The highest BCUT2D eigenvalue weighted by molar-refractivity contribution is 6.31. The van der Waals surface area contributed by atoms with Crippen LogP contribution >= 0.6 is 11.6 Å². The Bertz CT molecular complexity index is 1010. The molecule has 0 aliphatic carbocycles. The second kappa shape index (κ2) is 8.71. The maximum absolute atomic E-state index is 12.6. The van der Waals surface area contributed by atoms with Crippen LogP contribution < -0.4 is 15.4 Å². The smallest absolute Gasteiger partial charge is 0.270 e. The predicted octanol–water partition coefficient (Wildman–Crippen LogP) is 4.43. The van der Waals surface area contributed by atoms with Crippen LogP contribution in [0.4, 0.5) is 11.5 Å². The topological polar surface area (TPSA) is 76.1 Å². The van der Waals surface area contributed by atoms with Crippen molar-refractivity contribution in [3.8, 4) is 5.75 Å². The van der Waals surface area contributed by atoms with Gasteiger partial charge in [0, 0.05) is 28.9 Å². The molecule has 2 N–H and O–H groups in total. The van der Waals surface area contributed by atoms with E-state index in [0.717, 1.165) is 22.6 Å². The van der Waals surface area contributed by atoms with Gasteiger partial charge >= 0.3 is 0 Å². The number of aryl methyl sites for hydroxylation is 2. The van der Waals surface area contributed by atoms with E-state index in [1.165, 1.54) is 0 Å². The lowest BCUT2D eigenvalue weighted by Crippen LogP contribution is -2.24. The third-order valence-corrected chi connectivity index (χ3v) is 4.55. The van der Waals surface area contributed by atoms with E-state index in [2.05, 4.69) is 20.6 Å². The fourth-order valence-corrected chi connectivity index (χ4v) is 2.86. The summed E-state index contributed by atoms with van der Waals surface area (Å²) in [4.78, 5) is 21.2. The molecule has 0 unspecified atom stereocenters. The van der Waals surface area contributed by atoms with Crippen LogP contribution in [-0.4, -0.2) is 23.0 Å². The number of anilines is 2. The Morgan fingerprint density at radius 3 is 2.64 bits per heavy atom. The molecule has 0 saturated carbocycles. The Hall–Kier alpha value is -3.12. The first-order valence-electron chi connectivity index (χ1n) is 8.75. The molecule has 1 aromatic heterocycles. The highest BCUT2D eigenvalue weighted by Crippen LogP contribution is 2.23. The summed E-state index contributed by atoms with van der Waals surface area (Å²) in [6, 6.07) is 14.8. The summed E-state index contributed by atoms with van der Waals surface area (Å²) in [5, 5.41) is 6.69. The van der Waals surface area contributed by atoms with Gasteiger partial charge in [0.05, 0.1) is 7.11 Å². The Labute approximate surface area is 168 Å². The van der Waals surface area contributed by atoms with Gasteiger partial charge in [0.1, 0.15) is 23.1 Å². The first-order valence-corrected chi connectivity index (χ1v) is 9.13. The molecule has 1 heterocycles. The molecular weight excluding hydrogens is 376 g/mol. The van der Waals surface area contributed by atoms with E-state index in [0.29, 0.717) is 23.2 Å². The van der Waals surface area contributed by atoms with E-state index < -0.39 is 0 Å². The minimum Gasteiger partial charge on any atom is -0.496 e. The van der Waals surface area contributed by atoms with Crippen LogP contribution in [0.1, 0.15) is 27.4 Å². The molecule has 0 fully saturated rings. The molecule has 0 saturated heterocycles. The molecule has 3 aromatic rings. The average Bonchev–Trinajstić information content (AvgIpc) is 2.68. The molecule has 0 spiro atoms. The van der Waals surface area contributed by atoms with Crippen molar-refractivity contribution in [1.82, 2.24) is 15.3 Å². The molecule has 3 rings (SSSR count). The lowest BCUT2D eigenvalue weighted by atomic mass is 10.2. The molecule has 0 atom stereocenters. The van der Waals surface area contributed by atoms with Gasteiger partial charge in [-0.2, -0.15) is 0 Å². The van der Waals surface area contributed by atoms with Gasteiger partial charge in [-0.15, -0.1) is 0 Å². The van der Waals surface area contributed by atoms with Crippen molar-refractivity contribution in [1.29, 1.82) is 0 Å². The average molecular weight is 397 g/mol. The van der Waals surface area contributed by atoms with Gasteiger partial charge in [-0.3, -0.25) is 4.79 Å². The molecule has 0 aliphatic rings. The number of aromatic nitrogens is 2. The van der Waals surface area contributed by atoms with Crippen molar-refractivity contribution in [3.05, 3.63) is 76.2 Å². The summed E-state index contributed by atoms with van der Waals surface area (Å²) in [5.74, 6) is 1.45. The standard InChI is InChI=1S/C21H21ClN4O2/c1-13-8-9-16(10-17(13)22)26-20-11-18(24-14(2)25-20)21(27)23-12-15-6-4-5-7-19(15)28-3/h4-11H,12H2,1-3H3,(H,23,27)(H,24,25,26). The number of carbonyl (C=O) groups excluding carboxylic acids is 1. The minimum atomic E-state index is -0.290. The van der Waals surface area contributed by atoms with E-state index in [1.807, 2.05) is 49.4 Å². The third-order valence-electron chi connectivity index (χ3n) is 4.15. The SMILES string of the molecule is COc1ccccc1CNC(=O)c1cc(Nc2ccc(C)c(Cl)c2)nc(C)n1. The summed E-state index contributed by atoms with van der Waals surface area (Å²) in [7, 11) is 1.60. The van der Waals surface area contributed by atoms with Gasteiger partial charge < -0.3 is 15.4 Å². The fraction of sp³-hybridized carbons (Fsp3) is 0.190. The Morgan fingerprint density at radius 1 is 1.11 bits per heavy atom. The first kappa shape index (κ1) is 19.6. The second-order valence-electron chi connectivity index (χ2n) is 6.27. The molecule has 7 heteroatoms. The maximum atomic E-state index is 12.6. The van der Waals surface area contributed by atoms with Gasteiger partial charge in [-0.25, -0.2) is 9.97 Å². The quantitative estimate of drug-likeness (QED) is 0.644. The largest absolute Gasteiger partial charge is 0.496 e. The van der Waals surface area contributed by atoms with Crippen LogP contribution in [0.3, 0.4) is 0 Å². The number of rotatable bonds is 6.